The number of rotatable bonds is 8. The Kier molecular flexibility index (Phi) is 7.16. The first-order chi connectivity index (χ1) is 12.9. The molecular weight excluding hydrogens is 350 g/mol. The van der Waals surface area contributed by atoms with Crippen LogP contribution in [-0.4, -0.2) is 28.8 Å². The third-order valence-electron chi connectivity index (χ3n) is 3.93. The van der Waals surface area contributed by atoms with Gasteiger partial charge in [-0.3, -0.25) is 4.98 Å². The van der Waals surface area contributed by atoms with Gasteiger partial charge in [0.25, 0.3) is 6.43 Å². The normalized spacial score (nSPS) is 12.2. The van der Waals surface area contributed by atoms with Crippen LogP contribution >= 0.6 is 0 Å². The minimum atomic E-state index is -2.52. The molecule has 0 aliphatic heterocycles. The summed E-state index contributed by atoms with van der Waals surface area (Å²) in [5, 5.41) is 8.15. The van der Waals surface area contributed by atoms with E-state index in [0.717, 1.165) is 11.1 Å². The van der Waals surface area contributed by atoms with E-state index in [9.17, 15) is 8.78 Å². The number of nitrogens with zero attached hydrogens (tertiary/aromatic N) is 4. The Morgan fingerprint density at radius 1 is 1.22 bits per heavy atom. The number of ether oxygens (including phenoxy) is 1. The Bertz CT molecular complexity index is 815. The van der Waals surface area contributed by atoms with Gasteiger partial charge in [0.05, 0.1) is 5.69 Å². The van der Waals surface area contributed by atoms with Gasteiger partial charge in [-0.25, -0.2) is 8.78 Å². The quantitative estimate of drug-likeness (QED) is 0.622. The van der Waals surface area contributed by atoms with E-state index in [1.165, 1.54) is 12.3 Å². The van der Waals surface area contributed by atoms with Crippen molar-refractivity contribution in [1.29, 1.82) is 0 Å². The summed E-state index contributed by atoms with van der Waals surface area (Å²) in [6.45, 7) is 7.68. The molecule has 2 aromatic rings. The number of hydrogen-bond donors (Lipinski definition) is 0. The van der Waals surface area contributed by atoms with Crippen LogP contribution in [0.3, 0.4) is 0 Å². The van der Waals surface area contributed by atoms with E-state index in [-0.39, 0.29) is 5.56 Å². The van der Waals surface area contributed by atoms with E-state index >= 15 is 0 Å². The van der Waals surface area contributed by atoms with Crippen molar-refractivity contribution in [2.24, 2.45) is 0 Å². The van der Waals surface area contributed by atoms with Crippen molar-refractivity contribution in [3.05, 3.63) is 72.2 Å². The van der Waals surface area contributed by atoms with Gasteiger partial charge in [-0.1, -0.05) is 12.7 Å². The maximum Gasteiger partial charge on any atom is 0.265 e. The van der Waals surface area contributed by atoms with Crippen molar-refractivity contribution in [3.63, 3.8) is 0 Å². The van der Waals surface area contributed by atoms with Crippen LogP contribution in [0.25, 0.3) is 5.57 Å². The molecule has 2 aromatic heterocycles. The largest absolute Gasteiger partial charge is 0.472 e. The Labute approximate surface area is 157 Å². The van der Waals surface area contributed by atoms with Crippen LogP contribution in [0.2, 0.25) is 0 Å². The molecule has 0 atom stereocenters. The summed E-state index contributed by atoms with van der Waals surface area (Å²) in [5.41, 5.74) is 2.33. The zero-order chi connectivity index (χ0) is 19.8. The van der Waals surface area contributed by atoms with E-state index in [1.54, 1.807) is 30.4 Å². The molecule has 0 saturated carbocycles. The highest BCUT2D eigenvalue weighted by Gasteiger charge is 2.09. The Balaban J connectivity index is 2.01. The number of anilines is 1. The van der Waals surface area contributed by atoms with Crippen molar-refractivity contribution >= 4 is 11.4 Å². The zero-order valence-electron chi connectivity index (χ0n) is 15.6. The van der Waals surface area contributed by atoms with Crippen LogP contribution in [0.1, 0.15) is 31.5 Å². The Morgan fingerprint density at radius 2 is 2.00 bits per heavy atom. The van der Waals surface area contributed by atoms with Gasteiger partial charge in [0, 0.05) is 31.1 Å². The number of hydrogen-bond acceptors (Lipinski definition) is 5. The minimum absolute atomic E-state index is 0.0938. The predicted octanol–water partition coefficient (Wildman–Crippen LogP) is 4.82. The Morgan fingerprint density at radius 3 is 2.56 bits per heavy atom. The molecule has 142 valence electrons. The molecular formula is C20H22F2N4O. The molecule has 0 radical (unpaired) electrons. The molecule has 0 bridgehead atoms. The monoisotopic (exact) mass is 372 g/mol. The lowest BCUT2D eigenvalue weighted by molar-refractivity contribution is 0.151. The van der Waals surface area contributed by atoms with Gasteiger partial charge in [0.15, 0.2) is 5.82 Å². The standard InChI is InChI=1S/C20H22F2N4O/c1-5-6-11-26(4)18-9-10-19(25-24-18)27-13-14(2)15(3)17-8-7-16(12-23-17)20(21)22/h5-12,20H,1,13H2,2-4H3/b11-6-,15-14-. The van der Waals surface area contributed by atoms with Crippen LogP contribution in [-0.2, 0) is 0 Å². The SMILES string of the molecule is C=C/C=C\N(C)c1ccc(OC/C(C)=C(/C)c2ccc(C(F)F)cn2)nn1. The highest BCUT2D eigenvalue weighted by Crippen LogP contribution is 2.21. The van der Waals surface area contributed by atoms with Gasteiger partial charge in [0.2, 0.25) is 5.88 Å². The maximum atomic E-state index is 12.6. The van der Waals surface area contributed by atoms with Crippen LogP contribution in [0.4, 0.5) is 14.6 Å². The summed E-state index contributed by atoms with van der Waals surface area (Å²) in [7, 11) is 1.85. The summed E-state index contributed by atoms with van der Waals surface area (Å²) >= 11 is 0. The first-order valence-corrected chi connectivity index (χ1v) is 8.31. The zero-order valence-corrected chi connectivity index (χ0v) is 15.6. The molecule has 7 heteroatoms. The summed E-state index contributed by atoms with van der Waals surface area (Å²) in [6, 6.07) is 6.50. The van der Waals surface area contributed by atoms with Crippen molar-refractivity contribution in [3.8, 4) is 5.88 Å². The molecule has 0 N–H and O–H groups in total. The maximum absolute atomic E-state index is 12.6. The molecule has 0 amide bonds. The summed E-state index contributed by atoms with van der Waals surface area (Å²) in [4.78, 5) is 5.90. The second-order valence-electron chi connectivity index (χ2n) is 5.89. The highest BCUT2D eigenvalue weighted by atomic mass is 19.3. The fourth-order valence-electron chi connectivity index (χ4n) is 2.11. The van der Waals surface area contributed by atoms with Gasteiger partial charge >= 0.3 is 0 Å². The molecule has 0 spiro atoms. The van der Waals surface area contributed by atoms with Crippen molar-refractivity contribution in [1.82, 2.24) is 15.2 Å². The topological polar surface area (TPSA) is 51.1 Å². The molecule has 0 aromatic carbocycles. The first kappa shape index (κ1) is 20.2. The molecule has 0 fully saturated rings. The van der Waals surface area contributed by atoms with E-state index in [0.29, 0.717) is 24.0 Å². The van der Waals surface area contributed by atoms with E-state index in [1.807, 2.05) is 32.0 Å². The average molecular weight is 372 g/mol. The van der Waals surface area contributed by atoms with Crippen LogP contribution in [0, 0.1) is 0 Å². The van der Waals surface area contributed by atoms with E-state index < -0.39 is 6.43 Å². The van der Waals surface area contributed by atoms with Crippen LogP contribution < -0.4 is 9.64 Å². The third kappa shape index (κ3) is 5.70. The second-order valence-corrected chi connectivity index (χ2v) is 5.89. The van der Waals surface area contributed by atoms with Crippen molar-refractivity contribution < 1.29 is 13.5 Å². The number of halogens is 2. The lowest BCUT2D eigenvalue weighted by Gasteiger charge is -2.13. The molecule has 2 heterocycles. The molecule has 0 saturated heterocycles. The number of aromatic nitrogens is 3. The fraction of sp³-hybridized carbons (Fsp3) is 0.250. The third-order valence-corrected chi connectivity index (χ3v) is 3.93. The van der Waals surface area contributed by atoms with Crippen LogP contribution in [0.15, 0.2) is 61.0 Å². The molecule has 2 rings (SSSR count). The van der Waals surface area contributed by atoms with Gasteiger partial charge in [0.1, 0.15) is 6.61 Å². The highest BCUT2D eigenvalue weighted by molar-refractivity contribution is 5.63. The van der Waals surface area contributed by atoms with Crippen LogP contribution in [0.5, 0.6) is 5.88 Å². The first-order valence-electron chi connectivity index (χ1n) is 8.31. The van der Waals surface area contributed by atoms with Crippen molar-refractivity contribution in [2.45, 2.75) is 20.3 Å². The molecule has 0 aliphatic carbocycles. The number of alkyl halides is 2. The lowest BCUT2D eigenvalue weighted by atomic mass is 10.1. The lowest BCUT2D eigenvalue weighted by Crippen LogP contribution is -2.11. The summed E-state index contributed by atoms with van der Waals surface area (Å²) < 4.78 is 30.9. The smallest absolute Gasteiger partial charge is 0.265 e. The summed E-state index contributed by atoms with van der Waals surface area (Å²) in [5.74, 6) is 1.07. The molecule has 27 heavy (non-hydrogen) atoms. The average Bonchev–Trinajstić information content (AvgIpc) is 2.70. The molecule has 5 nitrogen and oxygen atoms in total. The second kappa shape index (κ2) is 9.56. The predicted molar refractivity (Wildman–Crippen MR) is 103 cm³/mol. The minimum Gasteiger partial charge on any atom is -0.472 e. The fourth-order valence-corrected chi connectivity index (χ4v) is 2.11. The number of allylic oxidation sites excluding steroid dienone is 3. The van der Waals surface area contributed by atoms with E-state index in [2.05, 4.69) is 21.8 Å². The van der Waals surface area contributed by atoms with E-state index in [4.69, 9.17) is 4.74 Å². The van der Waals surface area contributed by atoms with Gasteiger partial charge in [-0.2, -0.15) is 0 Å². The molecule has 0 aliphatic rings. The van der Waals surface area contributed by atoms with Crippen molar-refractivity contribution in [2.75, 3.05) is 18.6 Å². The van der Waals surface area contributed by atoms with Gasteiger partial charge in [-0.05, 0) is 49.3 Å². The van der Waals surface area contributed by atoms with Gasteiger partial charge in [-0.15, -0.1) is 10.2 Å². The molecule has 0 unspecified atom stereocenters. The van der Waals surface area contributed by atoms with Gasteiger partial charge < -0.3 is 9.64 Å². The number of pyridine rings is 1. The Hall–Kier alpha value is -3.09. The summed E-state index contributed by atoms with van der Waals surface area (Å²) in [6.07, 6.45) is 3.96.